The lowest BCUT2D eigenvalue weighted by molar-refractivity contribution is 0.0649. The van der Waals surface area contributed by atoms with E-state index in [0.717, 1.165) is 18.4 Å². The molecule has 8 heteroatoms. The molecular weight excluding hydrogens is 424 g/mol. The molecule has 4 heterocycles. The Morgan fingerprint density at radius 3 is 2.57 bits per heavy atom. The number of pyridine rings is 1. The zero-order valence-electron chi connectivity index (χ0n) is 15.1. The van der Waals surface area contributed by atoms with E-state index < -0.39 is 0 Å². The van der Waals surface area contributed by atoms with Crippen LogP contribution in [0.25, 0.3) is 11.3 Å². The van der Waals surface area contributed by atoms with Gasteiger partial charge in [0.1, 0.15) is 0 Å². The summed E-state index contributed by atoms with van der Waals surface area (Å²) in [7, 11) is 0. The Balaban J connectivity index is 1.37. The Kier molecular flexibility index (Phi) is 5.38. The van der Waals surface area contributed by atoms with Gasteiger partial charge in [-0.2, -0.15) is 0 Å². The van der Waals surface area contributed by atoms with E-state index in [0.29, 0.717) is 41.7 Å². The standard InChI is InChI=1S/C20H19BrN4O3/c21-18-2-1-17(28-18)20(27)24-9-5-14(6-10-24)12-25-13-23-16(11-19(25)26)15-3-7-22-8-4-15/h1-4,7-8,11,13-14H,5-6,9-10,12H2. The van der Waals surface area contributed by atoms with Crippen molar-refractivity contribution in [2.24, 2.45) is 5.92 Å². The first-order valence-corrected chi connectivity index (χ1v) is 9.91. The molecule has 1 fully saturated rings. The minimum atomic E-state index is -0.0929. The monoisotopic (exact) mass is 442 g/mol. The maximum absolute atomic E-state index is 12.5. The Hall–Kier alpha value is -2.74. The molecule has 0 saturated carbocycles. The van der Waals surface area contributed by atoms with E-state index in [4.69, 9.17) is 4.42 Å². The summed E-state index contributed by atoms with van der Waals surface area (Å²) in [5.74, 6) is 0.584. The molecular formula is C20H19BrN4O3. The van der Waals surface area contributed by atoms with Gasteiger partial charge in [-0.15, -0.1) is 0 Å². The van der Waals surface area contributed by atoms with Gasteiger partial charge in [0.25, 0.3) is 11.5 Å². The minimum absolute atomic E-state index is 0.0687. The Bertz CT molecular complexity index is 1020. The van der Waals surface area contributed by atoms with Gasteiger partial charge in [-0.3, -0.25) is 19.1 Å². The van der Waals surface area contributed by atoms with Crippen LogP contribution in [-0.4, -0.2) is 38.4 Å². The van der Waals surface area contributed by atoms with Crippen LogP contribution in [0.4, 0.5) is 0 Å². The first kappa shape index (κ1) is 18.6. The summed E-state index contributed by atoms with van der Waals surface area (Å²) in [6.07, 6.45) is 6.65. The van der Waals surface area contributed by atoms with Crippen molar-refractivity contribution in [2.45, 2.75) is 19.4 Å². The Morgan fingerprint density at radius 1 is 1.18 bits per heavy atom. The summed E-state index contributed by atoms with van der Waals surface area (Å²) in [4.78, 5) is 35.1. The summed E-state index contributed by atoms with van der Waals surface area (Å²) in [5, 5.41) is 0. The van der Waals surface area contributed by atoms with E-state index in [1.54, 1.807) is 46.4 Å². The molecule has 0 unspecified atom stereocenters. The van der Waals surface area contributed by atoms with Gasteiger partial charge in [-0.1, -0.05) is 0 Å². The fraction of sp³-hybridized carbons (Fsp3) is 0.300. The highest BCUT2D eigenvalue weighted by Crippen LogP contribution is 2.22. The molecule has 144 valence electrons. The number of amides is 1. The van der Waals surface area contributed by atoms with Crippen LogP contribution in [0.3, 0.4) is 0 Å². The second-order valence-corrected chi connectivity index (χ2v) is 7.62. The third-order valence-electron chi connectivity index (χ3n) is 5.00. The number of hydrogen-bond acceptors (Lipinski definition) is 5. The highest BCUT2D eigenvalue weighted by molar-refractivity contribution is 9.10. The summed E-state index contributed by atoms with van der Waals surface area (Å²) < 4.78 is 7.55. The molecule has 0 aromatic carbocycles. The summed E-state index contributed by atoms with van der Waals surface area (Å²) in [6, 6.07) is 8.61. The van der Waals surface area contributed by atoms with Gasteiger partial charge in [-0.05, 0) is 59.0 Å². The van der Waals surface area contributed by atoms with Crippen molar-refractivity contribution in [2.75, 3.05) is 13.1 Å². The second kappa shape index (κ2) is 8.10. The molecule has 1 saturated heterocycles. The van der Waals surface area contributed by atoms with E-state index in [1.807, 2.05) is 12.1 Å². The number of carbonyl (C=O) groups excluding carboxylic acids is 1. The van der Waals surface area contributed by atoms with Crippen molar-refractivity contribution >= 4 is 21.8 Å². The van der Waals surface area contributed by atoms with Crippen LogP contribution < -0.4 is 5.56 Å². The lowest BCUT2D eigenvalue weighted by atomic mass is 9.96. The van der Waals surface area contributed by atoms with Crippen molar-refractivity contribution in [1.29, 1.82) is 0 Å². The SMILES string of the molecule is O=C(c1ccc(Br)o1)N1CCC(Cn2cnc(-c3ccncc3)cc2=O)CC1. The summed E-state index contributed by atoms with van der Waals surface area (Å²) in [5.41, 5.74) is 1.45. The number of furan rings is 1. The van der Waals surface area contributed by atoms with E-state index in [9.17, 15) is 9.59 Å². The summed E-state index contributed by atoms with van der Waals surface area (Å²) >= 11 is 3.22. The van der Waals surface area contributed by atoms with Gasteiger partial charge < -0.3 is 9.32 Å². The molecule has 0 radical (unpaired) electrons. The van der Waals surface area contributed by atoms with Crippen molar-refractivity contribution in [3.05, 3.63) is 69.8 Å². The molecule has 3 aromatic heterocycles. The molecule has 28 heavy (non-hydrogen) atoms. The molecule has 4 rings (SSSR count). The average Bonchev–Trinajstić information content (AvgIpc) is 3.16. The fourth-order valence-electron chi connectivity index (χ4n) is 3.43. The average molecular weight is 443 g/mol. The quantitative estimate of drug-likeness (QED) is 0.619. The second-order valence-electron chi connectivity index (χ2n) is 6.84. The van der Waals surface area contributed by atoms with Gasteiger partial charge >= 0.3 is 0 Å². The van der Waals surface area contributed by atoms with E-state index >= 15 is 0 Å². The van der Waals surface area contributed by atoms with E-state index in [2.05, 4.69) is 25.9 Å². The van der Waals surface area contributed by atoms with Crippen molar-refractivity contribution in [3.63, 3.8) is 0 Å². The molecule has 1 aliphatic heterocycles. The van der Waals surface area contributed by atoms with Crippen LogP contribution >= 0.6 is 15.9 Å². The van der Waals surface area contributed by atoms with Crippen molar-refractivity contribution < 1.29 is 9.21 Å². The van der Waals surface area contributed by atoms with E-state index in [1.165, 1.54) is 0 Å². The third kappa shape index (κ3) is 4.06. The molecule has 3 aromatic rings. The first-order valence-electron chi connectivity index (χ1n) is 9.11. The van der Waals surface area contributed by atoms with Gasteiger partial charge in [0, 0.05) is 43.7 Å². The lowest BCUT2D eigenvalue weighted by Gasteiger charge is -2.31. The smallest absolute Gasteiger partial charge is 0.289 e. The zero-order valence-corrected chi connectivity index (χ0v) is 16.7. The number of rotatable bonds is 4. The summed E-state index contributed by atoms with van der Waals surface area (Å²) in [6.45, 7) is 1.91. The molecule has 0 atom stereocenters. The molecule has 0 spiro atoms. The number of likely N-dealkylation sites (tertiary alicyclic amines) is 1. The zero-order chi connectivity index (χ0) is 19.5. The largest absolute Gasteiger partial charge is 0.444 e. The first-order chi connectivity index (χ1) is 13.6. The maximum atomic E-state index is 12.5. The van der Waals surface area contributed by atoms with Crippen molar-refractivity contribution in [3.8, 4) is 11.3 Å². The van der Waals surface area contributed by atoms with Crippen molar-refractivity contribution in [1.82, 2.24) is 19.4 Å². The van der Waals surface area contributed by atoms with Gasteiger partial charge in [0.2, 0.25) is 0 Å². The van der Waals surface area contributed by atoms with Crippen LogP contribution in [0.15, 0.2) is 62.9 Å². The van der Waals surface area contributed by atoms with E-state index in [-0.39, 0.29) is 11.5 Å². The predicted molar refractivity (Wildman–Crippen MR) is 107 cm³/mol. The lowest BCUT2D eigenvalue weighted by Crippen LogP contribution is -2.39. The molecule has 0 bridgehead atoms. The number of carbonyl (C=O) groups is 1. The molecule has 0 N–H and O–H groups in total. The molecule has 1 amide bonds. The third-order valence-corrected chi connectivity index (χ3v) is 5.42. The number of halogens is 1. The predicted octanol–water partition coefficient (Wildman–Crippen LogP) is 3.21. The van der Waals surface area contributed by atoms with Gasteiger partial charge in [0.15, 0.2) is 10.4 Å². The Morgan fingerprint density at radius 2 is 1.93 bits per heavy atom. The minimum Gasteiger partial charge on any atom is -0.444 e. The fourth-order valence-corrected chi connectivity index (χ4v) is 3.73. The van der Waals surface area contributed by atoms with Crippen LogP contribution in [0.1, 0.15) is 23.4 Å². The molecule has 7 nitrogen and oxygen atoms in total. The highest BCUT2D eigenvalue weighted by Gasteiger charge is 2.25. The van der Waals surface area contributed by atoms with Gasteiger partial charge in [0.05, 0.1) is 12.0 Å². The molecule has 1 aliphatic rings. The topological polar surface area (TPSA) is 81.2 Å². The number of nitrogens with zero attached hydrogens (tertiary/aromatic N) is 4. The Labute approximate surface area is 170 Å². The molecule has 0 aliphatic carbocycles. The number of aromatic nitrogens is 3. The van der Waals surface area contributed by atoms with Crippen LogP contribution in [0, 0.1) is 5.92 Å². The maximum Gasteiger partial charge on any atom is 0.289 e. The normalized spacial score (nSPS) is 15.0. The van der Waals surface area contributed by atoms with Gasteiger partial charge in [-0.25, -0.2) is 4.98 Å². The van der Waals surface area contributed by atoms with Crippen LogP contribution in [0.5, 0.6) is 0 Å². The van der Waals surface area contributed by atoms with Crippen LogP contribution in [-0.2, 0) is 6.54 Å². The number of piperidine rings is 1. The highest BCUT2D eigenvalue weighted by atomic mass is 79.9. The van der Waals surface area contributed by atoms with Crippen LogP contribution in [0.2, 0.25) is 0 Å². The number of hydrogen-bond donors (Lipinski definition) is 0.